The molecule has 142 valence electrons. The molecule has 26 heavy (non-hydrogen) atoms. The summed E-state index contributed by atoms with van der Waals surface area (Å²) in [6.45, 7) is 10.2. The third kappa shape index (κ3) is 8.30. The summed E-state index contributed by atoms with van der Waals surface area (Å²) >= 11 is 0. The van der Waals surface area contributed by atoms with Crippen LogP contribution >= 0.6 is 0 Å². The molecule has 3 heteroatoms. The van der Waals surface area contributed by atoms with Crippen molar-refractivity contribution in [3.05, 3.63) is 58.7 Å². The van der Waals surface area contributed by atoms with Crippen molar-refractivity contribution in [2.24, 2.45) is 0 Å². The van der Waals surface area contributed by atoms with Crippen LogP contribution in [0, 0.1) is 6.92 Å². The maximum absolute atomic E-state index is 10.8. The Labute approximate surface area is 158 Å². The van der Waals surface area contributed by atoms with E-state index in [4.69, 9.17) is 0 Å². The maximum Gasteiger partial charge on any atom is 0.216 e. The topological polar surface area (TPSA) is 49.3 Å². The largest absolute Gasteiger partial charge is 0.391 e. The van der Waals surface area contributed by atoms with Crippen LogP contribution in [-0.4, -0.2) is 23.7 Å². The molecule has 1 aromatic carbocycles. The zero-order valence-corrected chi connectivity index (χ0v) is 16.8. The van der Waals surface area contributed by atoms with Crippen LogP contribution in [0.25, 0.3) is 11.6 Å². The van der Waals surface area contributed by atoms with Gasteiger partial charge in [-0.2, -0.15) is 0 Å². The van der Waals surface area contributed by atoms with Crippen LogP contribution in [0.3, 0.4) is 0 Å². The van der Waals surface area contributed by atoms with Gasteiger partial charge in [0.25, 0.3) is 0 Å². The highest BCUT2D eigenvalue weighted by Crippen LogP contribution is 2.23. The summed E-state index contributed by atoms with van der Waals surface area (Å²) in [6.07, 6.45) is 10.7. The van der Waals surface area contributed by atoms with Crippen molar-refractivity contribution >= 4 is 17.6 Å². The molecule has 0 aliphatic rings. The van der Waals surface area contributed by atoms with Gasteiger partial charge >= 0.3 is 0 Å². The first-order chi connectivity index (χ1) is 12.3. The van der Waals surface area contributed by atoms with E-state index in [0.717, 1.165) is 12.8 Å². The number of aliphatic hydroxyl groups is 1. The fourth-order valence-corrected chi connectivity index (χ4v) is 2.88. The second kappa shape index (κ2) is 11.5. The fraction of sp³-hybridized carbons (Fsp3) is 0.435. The number of unbranched alkanes of at least 4 members (excludes halogenated alkanes) is 1. The predicted octanol–water partition coefficient (Wildman–Crippen LogP) is 5.05. The van der Waals surface area contributed by atoms with Gasteiger partial charge in [-0.05, 0) is 63.7 Å². The number of nitrogens with one attached hydrogen (secondary N) is 1. The lowest BCUT2D eigenvalue weighted by molar-refractivity contribution is -0.119. The standard InChI is InChI=1S/C23H33NO2/c1-6-9-21-15-18(3)12-13-23(21)19(4)14-17(2)10-7-8-11-22(26)16-24-20(5)25/h6,9-10,12-15,22,26H,7-8,11,16H2,1-5H3,(H,24,25). The molecule has 1 unspecified atom stereocenters. The van der Waals surface area contributed by atoms with Crippen LogP contribution in [0.15, 0.2) is 42.0 Å². The van der Waals surface area contributed by atoms with Crippen molar-refractivity contribution in [3.63, 3.8) is 0 Å². The molecule has 0 radical (unpaired) electrons. The summed E-state index contributed by atoms with van der Waals surface area (Å²) in [6, 6.07) is 6.54. The quantitative estimate of drug-likeness (QED) is 0.481. The number of aliphatic hydroxyl groups excluding tert-OH is 1. The minimum absolute atomic E-state index is 0.103. The summed E-state index contributed by atoms with van der Waals surface area (Å²) in [5.74, 6) is -0.103. The molecule has 1 aromatic rings. The molecular weight excluding hydrogens is 322 g/mol. The number of rotatable bonds is 9. The summed E-state index contributed by atoms with van der Waals surface area (Å²) < 4.78 is 0. The van der Waals surface area contributed by atoms with Crippen LogP contribution < -0.4 is 5.32 Å². The molecule has 0 saturated carbocycles. The van der Waals surface area contributed by atoms with Crippen LogP contribution in [0.2, 0.25) is 0 Å². The Morgan fingerprint density at radius 2 is 2.00 bits per heavy atom. The van der Waals surface area contributed by atoms with Crippen LogP contribution in [0.1, 0.15) is 63.6 Å². The number of benzene rings is 1. The first-order valence-electron chi connectivity index (χ1n) is 9.34. The number of allylic oxidation sites excluding steroid dienone is 5. The normalized spacial score (nSPS) is 13.9. The number of hydrogen-bond donors (Lipinski definition) is 2. The average molecular weight is 356 g/mol. The monoisotopic (exact) mass is 355 g/mol. The molecule has 3 nitrogen and oxygen atoms in total. The molecular formula is C23H33NO2. The molecule has 2 N–H and O–H groups in total. The Bertz CT molecular complexity index is 683. The molecule has 1 atom stereocenters. The average Bonchev–Trinajstić information content (AvgIpc) is 2.57. The van der Waals surface area contributed by atoms with E-state index in [-0.39, 0.29) is 5.91 Å². The fourth-order valence-electron chi connectivity index (χ4n) is 2.88. The zero-order valence-electron chi connectivity index (χ0n) is 16.8. The van der Waals surface area contributed by atoms with Gasteiger partial charge < -0.3 is 10.4 Å². The van der Waals surface area contributed by atoms with E-state index in [1.165, 1.54) is 34.8 Å². The van der Waals surface area contributed by atoms with Crippen LogP contribution in [0.5, 0.6) is 0 Å². The van der Waals surface area contributed by atoms with Crippen LogP contribution in [0.4, 0.5) is 0 Å². The number of aryl methyl sites for hydroxylation is 1. The molecule has 0 aromatic heterocycles. The first-order valence-corrected chi connectivity index (χ1v) is 9.34. The number of hydrogen-bond acceptors (Lipinski definition) is 2. The Balaban J connectivity index is 2.63. The molecule has 0 fully saturated rings. The molecule has 0 aliphatic heterocycles. The van der Waals surface area contributed by atoms with Crippen molar-refractivity contribution in [2.75, 3.05) is 6.54 Å². The van der Waals surface area contributed by atoms with E-state index in [2.05, 4.69) is 68.6 Å². The predicted molar refractivity (Wildman–Crippen MR) is 112 cm³/mol. The maximum atomic E-state index is 10.8. The van der Waals surface area contributed by atoms with Crippen molar-refractivity contribution in [1.82, 2.24) is 5.32 Å². The van der Waals surface area contributed by atoms with Gasteiger partial charge in [0.2, 0.25) is 5.91 Å². The smallest absolute Gasteiger partial charge is 0.216 e. The molecule has 1 amide bonds. The van der Waals surface area contributed by atoms with Crippen LogP contribution in [-0.2, 0) is 4.79 Å². The molecule has 1 rings (SSSR count). The van der Waals surface area contributed by atoms with Crippen molar-refractivity contribution in [2.45, 2.75) is 60.0 Å². The van der Waals surface area contributed by atoms with E-state index in [9.17, 15) is 9.90 Å². The van der Waals surface area contributed by atoms with Gasteiger partial charge in [0.05, 0.1) is 6.10 Å². The third-order valence-electron chi connectivity index (χ3n) is 4.22. The van der Waals surface area contributed by atoms with Gasteiger partial charge in [-0.15, -0.1) is 0 Å². The lowest BCUT2D eigenvalue weighted by Gasteiger charge is -2.10. The lowest BCUT2D eigenvalue weighted by Crippen LogP contribution is -2.30. The minimum Gasteiger partial charge on any atom is -0.391 e. The van der Waals surface area contributed by atoms with Gasteiger partial charge in [0, 0.05) is 13.5 Å². The summed E-state index contributed by atoms with van der Waals surface area (Å²) in [4.78, 5) is 10.8. The second-order valence-corrected chi connectivity index (χ2v) is 6.89. The van der Waals surface area contributed by atoms with Crippen molar-refractivity contribution < 1.29 is 9.90 Å². The van der Waals surface area contributed by atoms with Gasteiger partial charge in [-0.3, -0.25) is 4.79 Å². The van der Waals surface area contributed by atoms with E-state index in [1.807, 2.05) is 6.92 Å². The minimum atomic E-state index is -0.471. The Kier molecular flexibility index (Phi) is 9.67. The molecule has 0 saturated heterocycles. The van der Waals surface area contributed by atoms with Gasteiger partial charge in [0.15, 0.2) is 0 Å². The molecule has 0 spiro atoms. The summed E-state index contributed by atoms with van der Waals surface area (Å²) in [5, 5.41) is 12.4. The second-order valence-electron chi connectivity index (χ2n) is 6.89. The highest BCUT2D eigenvalue weighted by Gasteiger charge is 2.04. The Hall–Kier alpha value is -2.13. The molecule has 0 bridgehead atoms. The third-order valence-corrected chi connectivity index (χ3v) is 4.22. The number of carbonyl (C=O) groups is 1. The summed E-state index contributed by atoms with van der Waals surface area (Å²) in [7, 11) is 0. The van der Waals surface area contributed by atoms with E-state index >= 15 is 0 Å². The molecule has 0 aliphatic carbocycles. The van der Waals surface area contributed by atoms with Crippen molar-refractivity contribution in [3.8, 4) is 0 Å². The highest BCUT2D eigenvalue weighted by molar-refractivity contribution is 5.75. The van der Waals surface area contributed by atoms with E-state index < -0.39 is 6.10 Å². The number of carbonyl (C=O) groups excluding carboxylic acids is 1. The Morgan fingerprint density at radius 3 is 2.65 bits per heavy atom. The Morgan fingerprint density at radius 1 is 1.27 bits per heavy atom. The van der Waals surface area contributed by atoms with E-state index in [0.29, 0.717) is 13.0 Å². The first kappa shape index (κ1) is 21.9. The highest BCUT2D eigenvalue weighted by atomic mass is 16.3. The summed E-state index contributed by atoms with van der Waals surface area (Å²) in [5.41, 5.74) is 6.24. The lowest BCUT2D eigenvalue weighted by atomic mass is 9.96. The van der Waals surface area contributed by atoms with Gasteiger partial charge in [-0.1, -0.05) is 53.6 Å². The van der Waals surface area contributed by atoms with Gasteiger partial charge in [-0.25, -0.2) is 0 Å². The zero-order chi connectivity index (χ0) is 19.5. The van der Waals surface area contributed by atoms with Gasteiger partial charge in [0.1, 0.15) is 0 Å². The SMILES string of the molecule is CC=Cc1cc(C)ccc1C(C)=CC(C)=CCCCC(O)CNC(C)=O. The van der Waals surface area contributed by atoms with Crippen molar-refractivity contribution in [1.29, 1.82) is 0 Å². The molecule has 0 heterocycles. The van der Waals surface area contributed by atoms with E-state index in [1.54, 1.807) is 0 Å². The number of amides is 1.